The zero-order valence-corrected chi connectivity index (χ0v) is 18.4. The van der Waals surface area contributed by atoms with E-state index < -0.39 is 0 Å². The van der Waals surface area contributed by atoms with Crippen LogP contribution in [0.25, 0.3) is 15.9 Å². The minimum absolute atomic E-state index is 0.0488. The minimum Gasteiger partial charge on any atom is -0.494 e. The highest BCUT2D eigenvalue weighted by atomic mass is 32.2. The number of para-hydroxylation sites is 1. The normalized spacial score (nSPS) is 11.0. The van der Waals surface area contributed by atoms with Crippen LogP contribution >= 0.6 is 23.1 Å². The molecule has 0 N–H and O–H groups in total. The van der Waals surface area contributed by atoms with Gasteiger partial charge in [0.1, 0.15) is 11.4 Å². The maximum Gasteiger partial charge on any atom is 0.239 e. The zero-order valence-electron chi connectivity index (χ0n) is 16.8. The van der Waals surface area contributed by atoms with Crippen LogP contribution in [0.5, 0.6) is 5.75 Å². The molecule has 0 saturated heterocycles. The third-order valence-electron chi connectivity index (χ3n) is 4.46. The van der Waals surface area contributed by atoms with Crippen molar-refractivity contribution in [2.75, 3.05) is 24.3 Å². The number of methoxy groups -OCH3 is 1. The first-order valence-electron chi connectivity index (χ1n) is 9.33. The van der Waals surface area contributed by atoms with E-state index in [4.69, 9.17) is 4.74 Å². The number of hydrogen-bond acceptors (Lipinski definition) is 8. The van der Waals surface area contributed by atoms with Crippen LogP contribution in [-0.2, 0) is 4.79 Å². The summed E-state index contributed by atoms with van der Waals surface area (Å²) >= 11 is 2.79. The van der Waals surface area contributed by atoms with Crippen molar-refractivity contribution in [3.05, 3.63) is 48.0 Å². The highest BCUT2D eigenvalue weighted by Crippen LogP contribution is 2.30. The first-order chi connectivity index (χ1) is 14.6. The molecule has 0 saturated carbocycles. The van der Waals surface area contributed by atoms with Gasteiger partial charge in [0, 0.05) is 6.54 Å². The molecule has 0 bridgehead atoms. The fourth-order valence-corrected chi connectivity index (χ4v) is 4.79. The number of fused-ring (bicyclic) bond motifs is 1. The monoisotopic (exact) mass is 440 g/mol. The number of tetrazole rings is 1. The average Bonchev–Trinajstić information content (AvgIpc) is 3.39. The number of anilines is 1. The first-order valence-corrected chi connectivity index (χ1v) is 11.1. The van der Waals surface area contributed by atoms with Gasteiger partial charge in [-0.1, -0.05) is 41.3 Å². The molecule has 0 aliphatic rings. The number of benzene rings is 2. The molecule has 2 heterocycles. The second-order valence-electron chi connectivity index (χ2n) is 6.44. The van der Waals surface area contributed by atoms with E-state index in [1.807, 2.05) is 56.3 Å². The van der Waals surface area contributed by atoms with Crippen LogP contribution < -0.4 is 9.64 Å². The third kappa shape index (κ3) is 4.01. The fourth-order valence-electron chi connectivity index (χ4n) is 2.98. The average molecular weight is 441 g/mol. The van der Waals surface area contributed by atoms with E-state index in [2.05, 4.69) is 20.5 Å². The molecule has 1 amide bonds. The van der Waals surface area contributed by atoms with Gasteiger partial charge in [-0.2, -0.15) is 4.68 Å². The SMILES string of the molecule is CCN(C(=O)CSc1nnnn1-c1cc(C)ccc1OC)c1nc2ccccc2s1. The standard InChI is InChI=1S/C20H20N6O2S2/c1-4-25(19-21-14-7-5-6-8-17(14)30-19)18(27)12-29-20-22-23-24-26(20)15-11-13(2)9-10-16(15)28-3/h5-11H,4,12H2,1-3H3. The molecule has 0 spiro atoms. The zero-order chi connectivity index (χ0) is 21.1. The van der Waals surface area contributed by atoms with Gasteiger partial charge >= 0.3 is 0 Å². The summed E-state index contributed by atoms with van der Waals surface area (Å²) in [4.78, 5) is 19.2. The number of thioether (sulfide) groups is 1. The number of hydrogen-bond donors (Lipinski definition) is 0. The Morgan fingerprint density at radius 2 is 2.10 bits per heavy atom. The van der Waals surface area contributed by atoms with E-state index in [9.17, 15) is 4.79 Å². The number of nitrogens with zero attached hydrogens (tertiary/aromatic N) is 6. The van der Waals surface area contributed by atoms with Crippen LogP contribution in [0.4, 0.5) is 5.13 Å². The molecule has 0 aliphatic carbocycles. The molecule has 0 fully saturated rings. The van der Waals surface area contributed by atoms with Gasteiger partial charge in [-0.05, 0) is 54.1 Å². The summed E-state index contributed by atoms with van der Waals surface area (Å²) < 4.78 is 8.09. The summed E-state index contributed by atoms with van der Waals surface area (Å²) in [5.74, 6) is 0.802. The number of amides is 1. The van der Waals surface area contributed by atoms with Gasteiger partial charge in [0.05, 0.1) is 23.1 Å². The Labute approximate surface area is 181 Å². The summed E-state index contributed by atoms with van der Waals surface area (Å²) in [5, 5.41) is 13.2. The van der Waals surface area contributed by atoms with Crippen molar-refractivity contribution < 1.29 is 9.53 Å². The van der Waals surface area contributed by atoms with Crippen molar-refractivity contribution in [2.45, 2.75) is 19.0 Å². The van der Waals surface area contributed by atoms with Crippen LogP contribution in [0.15, 0.2) is 47.6 Å². The van der Waals surface area contributed by atoms with Gasteiger partial charge in [-0.15, -0.1) is 5.10 Å². The Balaban J connectivity index is 1.53. The molecule has 2 aromatic carbocycles. The largest absolute Gasteiger partial charge is 0.494 e. The van der Waals surface area contributed by atoms with E-state index in [1.54, 1.807) is 16.7 Å². The molecule has 10 heteroatoms. The van der Waals surface area contributed by atoms with Crippen LogP contribution in [0.2, 0.25) is 0 Å². The molecule has 4 rings (SSSR count). The van der Waals surface area contributed by atoms with Crippen LogP contribution in [0.3, 0.4) is 0 Å². The lowest BCUT2D eigenvalue weighted by atomic mass is 10.2. The predicted molar refractivity (Wildman–Crippen MR) is 119 cm³/mol. The predicted octanol–water partition coefficient (Wildman–Crippen LogP) is 3.73. The number of aryl methyl sites for hydroxylation is 1. The summed E-state index contributed by atoms with van der Waals surface area (Å²) in [6.07, 6.45) is 0. The van der Waals surface area contributed by atoms with Crippen molar-refractivity contribution in [2.24, 2.45) is 0 Å². The number of ether oxygens (including phenoxy) is 1. The minimum atomic E-state index is -0.0488. The number of carbonyl (C=O) groups excluding carboxylic acids is 1. The van der Waals surface area contributed by atoms with Gasteiger partial charge < -0.3 is 4.74 Å². The van der Waals surface area contributed by atoms with E-state index >= 15 is 0 Å². The van der Waals surface area contributed by atoms with Crippen molar-refractivity contribution >= 4 is 44.4 Å². The van der Waals surface area contributed by atoms with Gasteiger partial charge in [-0.3, -0.25) is 9.69 Å². The van der Waals surface area contributed by atoms with Crippen LogP contribution in [0, 0.1) is 6.92 Å². The van der Waals surface area contributed by atoms with E-state index in [0.717, 1.165) is 21.5 Å². The topological polar surface area (TPSA) is 86.0 Å². The second-order valence-corrected chi connectivity index (χ2v) is 8.39. The van der Waals surface area contributed by atoms with E-state index in [1.165, 1.54) is 23.1 Å². The summed E-state index contributed by atoms with van der Waals surface area (Å²) in [5.41, 5.74) is 2.68. The van der Waals surface area contributed by atoms with Gasteiger partial charge in [-0.25, -0.2) is 4.98 Å². The van der Waals surface area contributed by atoms with E-state index in [-0.39, 0.29) is 11.7 Å². The van der Waals surface area contributed by atoms with Crippen molar-refractivity contribution in [1.29, 1.82) is 0 Å². The Bertz CT molecular complexity index is 1160. The van der Waals surface area contributed by atoms with Gasteiger partial charge in [0.2, 0.25) is 11.1 Å². The number of rotatable bonds is 7. The lowest BCUT2D eigenvalue weighted by Crippen LogP contribution is -2.32. The number of thiazole rings is 1. The second kappa shape index (κ2) is 8.80. The third-order valence-corrected chi connectivity index (χ3v) is 6.42. The van der Waals surface area contributed by atoms with Crippen LogP contribution in [-0.4, -0.2) is 50.5 Å². The summed E-state index contributed by atoms with van der Waals surface area (Å²) in [6.45, 7) is 4.47. The highest BCUT2D eigenvalue weighted by Gasteiger charge is 2.20. The first kappa shape index (κ1) is 20.3. The Hall–Kier alpha value is -2.98. The van der Waals surface area contributed by atoms with Gasteiger partial charge in [0.15, 0.2) is 5.13 Å². The Kier molecular flexibility index (Phi) is 5.96. The maximum absolute atomic E-state index is 12.9. The summed E-state index contributed by atoms with van der Waals surface area (Å²) in [6, 6.07) is 13.6. The summed E-state index contributed by atoms with van der Waals surface area (Å²) in [7, 11) is 1.60. The molecule has 8 nitrogen and oxygen atoms in total. The fraction of sp³-hybridized carbons (Fsp3) is 0.250. The molecule has 0 radical (unpaired) electrons. The van der Waals surface area contributed by atoms with Crippen molar-refractivity contribution in [3.63, 3.8) is 0 Å². The molecule has 2 aromatic heterocycles. The molecule has 30 heavy (non-hydrogen) atoms. The maximum atomic E-state index is 12.9. The molecule has 0 aliphatic heterocycles. The van der Waals surface area contributed by atoms with Crippen molar-refractivity contribution in [3.8, 4) is 11.4 Å². The van der Waals surface area contributed by atoms with Crippen molar-refractivity contribution in [1.82, 2.24) is 25.2 Å². The molecule has 0 unspecified atom stereocenters. The Morgan fingerprint density at radius 1 is 1.27 bits per heavy atom. The van der Waals surface area contributed by atoms with E-state index in [0.29, 0.717) is 22.6 Å². The molecule has 154 valence electrons. The lowest BCUT2D eigenvalue weighted by molar-refractivity contribution is -0.116. The molecule has 4 aromatic rings. The molecular formula is C20H20N6O2S2. The molecular weight excluding hydrogens is 420 g/mol. The van der Waals surface area contributed by atoms with Crippen LogP contribution in [0.1, 0.15) is 12.5 Å². The number of carbonyl (C=O) groups is 1. The quantitative estimate of drug-likeness (QED) is 0.405. The van der Waals surface area contributed by atoms with Gasteiger partial charge in [0.25, 0.3) is 0 Å². The molecule has 0 atom stereocenters. The Morgan fingerprint density at radius 3 is 2.87 bits per heavy atom. The highest BCUT2D eigenvalue weighted by molar-refractivity contribution is 7.99. The lowest BCUT2D eigenvalue weighted by Gasteiger charge is -2.17. The smallest absolute Gasteiger partial charge is 0.239 e. The number of aromatic nitrogens is 5.